The number of rotatable bonds is 1. The highest BCUT2D eigenvalue weighted by Crippen LogP contribution is 2.44. The molecule has 3 nitrogen and oxygen atoms in total. The summed E-state index contributed by atoms with van der Waals surface area (Å²) in [4.78, 5) is 2.46. The lowest BCUT2D eigenvalue weighted by Crippen LogP contribution is -2.60. The van der Waals surface area contributed by atoms with Crippen molar-refractivity contribution in [3.8, 4) is 5.69 Å². The van der Waals surface area contributed by atoms with Gasteiger partial charge in [-0.1, -0.05) is 72.8 Å². The normalized spacial score (nSPS) is 13.4. The van der Waals surface area contributed by atoms with Crippen LogP contribution in [0.1, 0.15) is 5.56 Å². The smallest absolute Gasteiger partial charge is 0.252 e. The minimum atomic E-state index is 0.147. The summed E-state index contributed by atoms with van der Waals surface area (Å²) < 4.78 is 8.94. The van der Waals surface area contributed by atoms with E-state index in [0.717, 1.165) is 16.6 Å². The Balaban J connectivity index is 1.45. The Bertz CT molecular complexity index is 2400. The van der Waals surface area contributed by atoms with Gasteiger partial charge in [0.05, 0.1) is 10.9 Å². The number of fused-ring (bicyclic) bond motifs is 11. The Hall–Kier alpha value is -5.22. The van der Waals surface area contributed by atoms with Crippen LogP contribution in [-0.2, 0) is 0 Å². The number of hydrogen-bond donors (Lipinski definition) is 0. The Kier molecular flexibility index (Phi) is 3.95. The molecule has 190 valence electrons. The predicted molar refractivity (Wildman–Crippen MR) is 172 cm³/mol. The van der Waals surface area contributed by atoms with Crippen LogP contribution in [0.2, 0.25) is 0 Å². The first-order valence-electron chi connectivity index (χ1n) is 14.2. The van der Waals surface area contributed by atoms with Crippen LogP contribution < -0.4 is 21.3 Å². The summed E-state index contributed by atoms with van der Waals surface area (Å²) in [6.45, 7) is 2.37. The molecular weight excluding hydrogens is 499 g/mol. The average Bonchev–Trinajstić information content (AvgIpc) is 3.56. The van der Waals surface area contributed by atoms with Crippen molar-refractivity contribution in [1.29, 1.82) is 0 Å². The maximum atomic E-state index is 6.39. The number of anilines is 3. The molecule has 8 aromatic rings. The summed E-state index contributed by atoms with van der Waals surface area (Å²) in [5.41, 5.74) is 14.6. The van der Waals surface area contributed by atoms with Gasteiger partial charge in [-0.25, -0.2) is 0 Å². The second kappa shape index (κ2) is 7.49. The fraction of sp³-hybridized carbons (Fsp3) is 0.0270. The van der Waals surface area contributed by atoms with E-state index < -0.39 is 0 Å². The maximum Gasteiger partial charge on any atom is 0.252 e. The molecule has 6 aromatic carbocycles. The van der Waals surface area contributed by atoms with Gasteiger partial charge in [0.2, 0.25) is 0 Å². The van der Waals surface area contributed by atoms with E-state index in [1.807, 2.05) is 0 Å². The number of benzene rings is 6. The van der Waals surface area contributed by atoms with Crippen molar-refractivity contribution < 1.29 is 4.42 Å². The third-order valence-electron chi connectivity index (χ3n) is 9.19. The first-order chi connectivity index (χ1) is 20.3. The zero-order valence-electron chi connectivity index (χ0n) is 22.4. The van der Waals surface area contributed by atoms with Crippen molar-refractivity contribution in [2.45, 2.75) is 6.92 Å². The fourth-order valence-electron chi connectivity index (χ4n) is 7.69. The van der Waals surface area contributed by atoms with Crippen molar-refractivity contribution in [3.63, 3.8) is 0 Å². The topological polar surface area (TPSA) is 21.3 Å². The number of furan rings is 1. The maximum absolute atomic E-state index is 6.39. The van der Waals surface area contributed by atoms with Crippen molar-refractivity contribution in [1.82, 2.24) is 4.57 Å². The van der Waals surface area contributed by atoms with Crippen LogP contribution >= 0.6 is 0 Å². The first kappa shape index (κ1) is 21.6. The van der Waals surface area contributed by atoms with Crippen LogP contribution in [0.4, 0.5) is 17.1 Å². The van der Waals surface area contributed by atoms with Gasteiger partial charge in [0, 0.05) is 44.4 Å². The van der Waals surface area contributed by atoms with Gasteiger partial charge in [-0.3, -0.25) is 0 Å². The Labute approximate surface area is 236 Å². The number of para-hydroxylation sites is 4. The number of nitrogens with zero attached hydrogens (tertiary/aromatic N) is 2. The molecule has 0 bridgehead atoms. The SMILES string of the molecule is Cc1cc2c3c(c1)-n1c4c(cccc4c4ccc5oc6ccccc6c5c41)B3c1ccccc1N2c1ccccc1. The van der Waals surface area contributed by atoms with E-state index >= 15 is 0 Å². The standard InChI is InChI=1S/C37H23BN2O/c1-22-20-30-35-31(21-22)40-36-24(25-18-19-33-34(37(25)40)26-12-5-8-17-32(26)41-33)13-9-15-28(36)38(35)27-14-6-7-16-29(27)39(30)23-10-3-2-4-11-23/h2-21H,1H3. The van der Waals surface area contributed by atoms with Gasteiger partial charge in [0.15, 0.2) is 0 Å². The molecule has 0 aliphatic carbocycles. The average molecular weight is 522 g/mol. The van der Waals surface area contributed by atoms with Gasteiger partial charge in [-0.15, -0.1) is 0 Å². The molecule has 2 aromatic heterocycles. The molecule has 0 N–H and O–H groups in total. The molecule has 0 atom stereocenters. The van der Waals surface area contributed by atoms with E-state index in [1.165, 1.54) is 71.9 Å². The molecule has 0 amide bonds. The molecule has 0 unspecified atom stereocenters. The van der Waals surface area contributed by atoms with Gasteiger partial charge >= 0.3 is 0 Å². The fourth-order valence-corrected chi connectivity index (χ4v) is 7.69. The largest absolute Gasteiger partial charge is 0.456 e. The Morgan fingerprint density at radius 3 is 2.22 bits per heavy atom. The molecule has 0 saturated heterocycles. The van der Waals surface area contributed by atoms with E-state index in [0.29, 0.717) is 0 Å². The molecule has 41 heavy (non-hydrogen) atoms. The first-order valence-corrected chi connectivity index (χ1v) is 14.2. The molecule has 0 fully saturated rings. The highest BCUT2D eigenvalue weighted by atomic mass is 16.3. The minimum absolute atomic E-state index is 0.147. The van der Waals surface area contributed by atoms with E-state index in [2.05, 4.69) is 138 Å². The molecule has 0 spiro atoms. The predicted octanol–water partition coefficient (Wildman–Crippen LogP) is 7.60. The van der Waals surface area contributed by atoms with Crippen molar-refractivity contribution in [2.24, 2.45) is 0 Å². The second-order valence-electron chi connectivity index (χ2n) is 11.4. The molecule has 4 heteroatoms. The van der Waals surface area contributed by atoms with Gasteiger partial charge in [-0.2, -0.15) is 0 Å². The third-order valence-corrected chi connectivity index (χ3v) is 9.19. The molecule has 4 heterocycles. The molecule has 2 aliphatic heterocycles. The quantitative estimate of drug-likeness (QED) is 0.207. The summed E-state index contributed by atoms with van der Waals surface area (Å²) in [6, 6.07) is 44.2. The zero-order chi connectivity index (χ0) is 26.8. The van der Waals surface area contributed by atoms with E-state index in [-0.39, 0.29) is 6.71 Å². The van der Waals surface area contributed by atoms with Crippen LogP contribution in [0, 0.1) is 6.92 Å². The number of aromatic nitrogens is 1. The highest BCUT2D eigenvalue weighted by molar-refractivity contribution is 7.00. The molecule has 0 saturated carbocycles. The summed E-state index contributed by atoms with van der Waals surface area (Å²) in [7, 11) is 0. The summed E-state index contributed by atoms with van der Waals surface area (Å²) in [5, 5.41) is 4.91. The van der Waals surface area contributed by atoms with E-state index in [1.54, 1.807) is 0 Å². The van der Waals surface area contributed by atoms with E-state index in [9.17, 15) is 0 Å². The molecular formula is C37H23BN2O. The monoisotopic (exact) mass is 522 g/mol. The lowest BCUT2D eigenvalue weighted by Gasteiger charge is -2.40. The molecule has 10 rings (SSSR count). The van der Waals surface area contributed by atoms with Crippen LogP contribution in [0.3, 0.4) is 0 Å². The highest BCUT2D eigenvalue weighted by Gasteiger charge is 2.42. The van der Waals surface area contributed by atoms with Gasteiger partial charge in [0.1, 0.15) is 11.2 Å². The minimum Gasteiger partial charge on any atom is -0.456 e. The lowest BCUT2D eigenvalue weighted by molar-refractivity contribution is 0.669. The van der Waals surface area contributed by atoms with Crippen LogP contribution in [0.25, 0.3) is 49.4 Å². The summed E-state index contributed by atoms with van der Waals surface area (Å²) >= 11 is 0. The zero-order valence-corrected chi connectivity index (χ0v) is 22.4. The van der Waals surface area contributed by atoms with Gasteiger partial charge in [-0.05, 0) is 77.4 Å². The van der Waals surface area contributed by atoms with Crippen LogP contribution in [-0.4, -0.2) is 11.3 Å². The van der Waals surface area contributed by atoms with Crippen molar-refractivity contribution in [2.75, 3.05) is 4.90 Å². The Morgan fingerprint density at radius 2 is 1.29 bits per heavy atom. The molecule has 2 aliphatic rings. The summed E-state index contributed by atoms with van der Waals surface area (Å²) in [5.74, 6) is 0. The Morgan fingerprint density at radius 1 is 0.561 bits per heavy atom. The van der Waals surface area contributed by atoms with Crippen molar-refractivity contribution >= 4 is 83.9 Å². The lowest BCUT2D eigenvalue weighted by atomic mass is 9.34. The number of aryl methyl sites for hydroxylation is 1. The number of hydrogen-bond acceptors (Lipinski definition) is 2. The third kappa shape index (κ3) is 2.61. The summed E-state index contributed by atoms with van der Waals surface area (Å²) in [6.07, 6.45) is 0. The van der Waals surface area contributed by atoms with Crippen LogP contribution in [0.5, 0.6) is 0 Å². The van der Waals surface area contributed by atoms with Crippen LogP contribution in [0.15, 0.2) is 126 Å². The van der Waals surface area contributed by atoms with Gasteiger partial charge in [0.25, 0.3) is 6.71 Å². The van der Waals surface area contributed by atoms with Crippen molar-refractivity contribution in [3.05, 3.63) is 127 Å². The second-order valence-corrected chi connectivity index (χ2v) is 11.4. The van der Waals surface area contributed by atoms with Gasteiger partial charge < -0.3 is 13.9 Å². The van der Waals surface area contributed by atoms with E-state index in [4.69, 9.17) is 4.42 Å². The molecule has 0 radical (unpaired) electrons.